The zero-order valence-corrected chi connectivity index (χ0v) is 23.7. The molecular formula is C34H26F4N2O4. The molecule has 224 valence electrons. The zero-order valence-electron chi connectivity index (χ0n) is 23.7. The fraction of sp³-hybridized carbons (Fsp3) is 0.118. The van der Waals surface area contributed by atoms with E-state index in [1.807, 2.05) is 0 Å². The van der Waals surface area contributed by atoms with Gasteiger partial charge in [0, 0.05) is 24.2 Å². The van der Waals surface area contributed by atoms with E-state index in [4.69, 9.17) is 9.47 Å². The van der Waals surface area contributed by atoms with E-state index in [-0.39, 0.29) is 45.3 Å². The summed E-state index contributed by atoms with van der Waals surface area (Å²) in [4.78, 5) is 29.3. The average molecular weight is 603 g/mol. The number of hydrogen-bond acceptors (Lipinski definition) is 6. The summed E-state index contributed by atoms with van der Waals surface area (Å²) in [5.41, 5.74) is -0.609. The molecule has 0 heterocycles. The zero-order chi connectivity index (χ0) is 31.4. The highest BCUT2D eigenvalue weighted by Crippen LogP contribution is 2.45. The van der Waals surface area contributed by atoms with Crippen molar-refractivity contribution < 1.29 is 36.6 Å². The molecule has 0 atom stereocenters. The largest absolute Gasteiger partial charge is 0.466 e. The monoisotopic (exact) mass is 602 g/mol. The summed E-state index contributed by atoms with van der Waals surface area (Å²) in [7, 11) is 2.27. The number of ether oxygens (including phenoxy) is 2. The van der Waals surface area contributed by atoms with Crippen molar-refractivity contribution in [3.05, 3.63) is 143 Å². The van der Waals surface area contributed by atoms with Crippen molar-refractivity contribution in [2.24, 2.45) is 0 Å². The van der Waals surface area contributed by atoms with Gasteiger partial charge in [-0.15, -0.1) is 0 Å². The van der Waals surface area contributed by atoms with E-state index in [0.717, 1.165) is 14.2 Å². The molecule has 0 amide bonds. The van der Waals surface area contributed by atoms with Gasteiger partial charge in [0.25, 0.3) is 0 Å². The van der Waals surface area contributed by atoms with Crippen LogP contribution in [0.25, 0.3) is 0 Å². The SMILES string of the molecule is COC(=O)C1=C(N(c2ccccc2F)c2ccccc2F)CC(C(=O)OC)=C(N(c2ccccc2F)c2ccccc2F)C1. The molecular weight excluding hydrogens is 576 g/mol. The number of allylic oxidation sites excluding steroid dienone is 2. The third-order valence-electron chi connectivity index (χ3n) is 7.16. The van der Waals surface area contributed by atoms with E-state index in [0.29, 0.717) is 0 Å². The van der Waals surface area contributed by atoms with Crippen LogP contribution in [-0.2, 0) is 19.1 Å². The van der Waals surface area contributed by atoms with E-state index in [1.54, 1.807) is 0 Å². The van der Waals surface area contributed by atoms with Crippen LogP contribution >= 0.6 is 0 Å². The molecule has 0 aliphatic heterocycles. The molecule has 1 aliphatic carbocycles. The molecule has 4 aromatic rings. The van der Waals surface area contributed by atoms with Crippen molar-refractivity contribution in [1.29, 1.82) is 0 Å². The minimum Gasteiger partial charge on any atom is -0.466 e. The molecule has 10 heteroatoms. The van der Waals surface area contributed by atoms with Gasteiger partial charge in [-0.25, -0.2) is 27.2 Å². The van der Waals surface area contributed by atoms with Crippen molar-refractivity contribution in [3.8, 4) is 0 Å². The fourth-order valence-corrected chi connectivity index (χ4v) is 5.18. The van der Waals surface area contributed by atoms with E-state index in [9.17, 15) is 9.59 Å². The Morgan fingerprint density at radius 1 is 0.500 bits per heavy atom. The number of hydrogen-bond donors (Lipinski definition) is 0. The second-order valence-electron chi connectivity index (χ2n) is 9.66. The van der Waals surface area contributed by atoms with Crippen LogP contribution in [0, 0.1) is 23.3 Å². The maximum Gasteiger partial charge on any atom is 0.335 e. The molecule has 0 unspecified atom stereocenters. The Morgan fingerprint density at radius 2 is 0.750 bits per heavy atom. The number of methoxy groups -OCH3 is 2. The molecule has 0 saturated heterocycles. The summed E-state index contributed by atoms with van der Waals surface area (Å²) in [6.45, 7) is 0. The summed E-state index contributed by atoms with van der Waals surface area (Å²) in [5.74, 6) is -4.69. The van der Waals surface area contributed by atoms with Crippen LogP contribution < -0.4 is 9.80 Å². The average Bonchev–Trinajstić information content (AvgIpc) is 3.04. The van der Waals surface area contributed by atoms with Gasteiger partial charge in [0.15, 0.2) is 0 Å². The lowest BCUT2D eigenvalue weighted by Crippen LogP contribution is -2.32. The van der Waals surface area contributed by atoms with Crippen LogP contribution in [0.1, 0.15) is 12.8 Å². The quantitative estimate of drug-likeness (QED) is 0.151. The summed E-state index contributed by atoms with van der Waals surface area (Å²) < 4.78 is 71.7. The summed E-state index contributed by atoms with van der Waals surface area (Å²) in [5, 5.41) is 0. The van der Waals surface area contributed by atoms with Crippen LogP contribution in [0.4, 0.5) is 40.3 Å². The number of nitrogens with zero attached hydrogens (tertiary/aromatic N) is 2. The van der Waals surface area contributed by atoms with Gasteiger partial charge in [-0.05, 0) is 48.5 Å². The Labute approximate surface area is 251 Å². The van der Waals surface area contributed by atoms with Crippen LogP contribution in [-0.4, -0.2) is 26.2 Å². The molecule has 0 bridgehead atoms. The molecule has 0 saturated carbocycles. The van der Waals surface area contributed by atoms with Crippen molar-refractivity contribution in [2.75, 3.05) is 24.0 Å². The van der Waals surface area contributed by atoms with Crippen LogP contribution in [0.15, 0.2) is 120 Å². The lowest BCUT2D eigenvalue weighted by Gasteiger charge is -2.37. The predicted octanol–water partition coefficient (Wildman–Crippen LogP) is 7.87. The van der Waals surface area contributed by atoms with Gasteiger partial charge in [0.1, 0.15) is 23.3 Å². The summed E-state index contributed by atoms with van der Waals surface area (Å²) in [6.07, 6.45) is -0.844. The van der Waals surface area contributed by atoms with E-state index in [2.05, 4.69) is 0 Å². The first kappa shape index (κ1) is 30.1. The Morgan fingerprint density at radius 3 is 0.977 bits per heavy atom. The van der Waals surface area contributed by atoms with Crippen LogP contribution in [0.5, 0.6) is 0 Å². The van der Waals surface area contributed by atoms with Crippen LogP contribution in [0.2, 0.25) is 0 Å². The Balaban J connectivity index is 1.81. The van der Waals surface area contributed by atoms with Gasteiger partial charge in [0.05, 0.1) is 48.1 Å². The van der Waals surface area contributed by atoms with Crippen molar-refractivity contribution in [3.63, 3.8) is 0 Å². The van der Waals surface area contributed by atoms with E-state index in [1.165, 1.54) is 107 Å². The fourth-order valence-electron chi connectivity index (χ4n) is 5.18. The predicted molar refractivity (Wildman–Crippen MR) is 157 cm³/mol. The maximum absolute atomic E-state index is 15.4. The second-order valence-corrected chi connectivity index (χ2v) is 9.66. The normalized spacial score (nSPS) is 13.0. The molecule has 0 fully saturated rings. The molecule has 0 radical (unpaired) electrons. The van der Waals surface area contributed by atoms with Gasteiger partial charge in [-0.1, -0.05) is 48.5 Å². The van der Waals surface area contributed by atoms with Gasteiger partial charge in [-0.3, -0.25) is 0 Å². The van der Waals surface area contributed by atoms with Crippen molar-refractivity contribution in [1.82, 2.24) is 0 Å². The summed E-state index contributed by atoms with van der Waals surface area (Å²) in [6, 6.07) is 22.2. The highest BCUT2D eigenvalue weighted by Gasteiger charge is 2.38. The number of anilines is 4. The highest BCUT2D eigenvalue weighted by molar-refractivity contribution is 5.98. The highest BCUT2D eigenvalue weighted by atomic mass is 19.1. The molecule has 0 aromatic heterocycles. The van der Waals surface area contributed by atoms with E-state index < -0.39 is 48.0 Å². The number of halogens is 4. The molecule has 6 nitrogen and oxygen atoms in total. The molecule has 4 aromatic carbocycles. The second kappa shape index (κ2) is 12.9. The standard InChI is InChI=1S/C34H26F4N2O4/c1-43-33(41)21-19-32(40(29-17-9-5-13-25(29)37)30-18-10-6-14-26(30)38)22(34(42)44-2)20-31(21)39(27-15-7-3-11-23(27)35)28-16-8-4-12-24(28)36/h3-18H,19-20H2,1-2H3. The lowest BCUT2D eigenvalue weighted by molar-refractivity contribution is -0.137. The molecule has 5 rings (SSSR count). The first-order chi connectivity index (χ1) is 21.3. The smallest absolute Gasteiger partial charge is 0.335 e. The van der Waals surface area contributed by atoms with Gasteiger partial charge in [-0.2, -0.15) is 0 Å². The summed E-state index contributed by atoms with van der Waals surface area (Å²) >= 11 is 0. The number of para-hydroxylation sites is 4. The number of benzene rings is 4. The Bertz CT molecular complexity index is 1580. The molecule has 0 spiro atoms. The topological polar surface area (TPSA) is 59.1 Å². The van der Waals surface area contributed by atoms with Gasteiger partial charge < -0.3 is 19.3 Å². The number of esters is 2. The van der Waals surface area contributed by atoms with E-state index >= 15 is 17.6 Å². The minimum absolute atomic E-state index is 0.0122. The molecule has 1 aliphatic rings. The third-order valence-corrected chi connectivity index (χ3v) is 7.16. The number of carbonyl (C=O) groups excluding carboxylic acids is 2. The first-order valence-corrected chi connectivity index (χ1v) is 13.5. The first-order valence-electron chi connectivity index (χ1n) is 13.5. The maximum atomic E-state index is 15.4. The third kappa shape index (κ3) is 5.66. The Kier molecular flexibility index (Phi) is 8.80. The lowest BCUT2D eigenvalue weighted by atomic mass is 9.89. The molecule has 44 heavy (non-hydrogen) atoms. The van der Waals surface area contributed by atoms with Gasteiger partial charge in [0.2, 0.25) is 0 Å². The minimum atomic E-state index is -0.874. The molecule has 0 N–H and O–H groups in total. The van der Waals surface area contributed by atoms with Crippen molar-refractivity contribution in [2.45, 2.75) is 12.8 Å². The van der Waals surface area contributed by atoms with Gasteiger partial charge >= 0.3 is 11.9 Å². The Hall–Kier alpha value is -5.38. The van der Waals surface area contributed by atoms with Crippen LogP contribution in [0.3, 0.4) is 0 Å². The number of rotatable bonds is 8. The number of carbonyl (C=O) groups is 2. The van der Waals surface area contributed by atoms with Crippen molar-refractivity contribution >= 4 is 34.7 Å².